The second kappa shape index (κ2) is 12.4. The molecular formula is C33H26N2O4S. The number of anilines is 2. The lowest BCUT2D eigenvalue weighted by molar-refractivity contribution is -0.137. The van der Waals surface area contributed by atoms with Gasteiger partial charge in [-0.05, 0) is 42.0 Å². The fraction of sp³-hybridized carbons (Fsp3) is 0.121. The molecule has 5 rings (SSSR count). The zero-order valence-corrected chi connectivity index (χ0v) is 22.4. The van der Waals surface area contributed by atoms with Crippen LogP contribution in [-0.4, -0.2) is 41.1 Å². The molecule has 0 fully saturated rings. The zero-order chi connectivity index (χ0) is 27.9. The monoisotopic (exact) mass is 546 g/mol. The molecule has 0 radical (unpaired) electrons. The first-order valence-corrected chi connectivity index (χ1v) is 13.8. The highest BCUT2D eigenvalue weighted by atomic mass is 32.2. The van der Waals surface area contributed by atoms with E-state index in [0.717, 1.165) is 21.7 Å². The number of carbonyl (C=O) groups excluding carboxylic acids is 2. The second-order valence-electron chi connectivity index (χ2n) is 9.22. The number of ketones is 1. The predicted molar refractivity (Wildman–Crippen MR) is 158 cm³/mol. The SMILES string of the molecule is O=C(c1ccccc1)c1ccccc1N[C@@H](Cc1ccc(C#CCN2C(=O)CSc3ccccc32)cc1)C(=O)O. The maximum atomic E-state index is 13.1. The van der Waals surface area contributed by atoms with Crippen LogP contribution >= 0.6 is 11.8 Å². The number of hydrogen-bond donors (Lipinski definition) is 2. The zero-order valence-electron chi connectivity index (χ0n) is 21.5. The number of carboxylic acids is 1. The quantitative estimate of drug-likeness (QED) is 0.224. The topological polar surface area (TPSA) is 86.7 Å². The summed E-state index contributed by atoms with van der Waals surface area (Å²) >= 11 is 1.54. The number of amides is 1. The highest BCUT2D eigenvalue weighted by molar-refractivity contribution is 8.00. The lowest BCUT2D eigenvalue weighted by Gasteiger charge is -2.27. The van der Waals surface area contributed by atoms with Crippen LogP contribution in [0, 0.1) is 11.8 Å². The van der Waals surface area contributed by atoms with Crippen LogP contribution in [-0.2, 0) is 16.0 Å². The van der Waals surface area contributed by atoms with Crippen molar-refractivity contribution in [2.45, 2.75) is 17.4 Å². The van der Waals surface area contributed by atoms with E-state index < -0.39 is 12.0 Å². The smallest absolute Gasteiger partial charge is 0.326 e. The van der Waals surface area contributed by atoms with E-state index in [0.29, 0.717) is 29.1 Å². The third-order valence-corrected chi connectivity index (χ3v) is 7.55. The molecule has 0 unspecified atom stereocenters. The maximum Gasteiger partial charge on any atom is 0.326 e. The van der Waals surface area contributed by atoms with Crippen molar-refractivity contribution in [1.29, 1.82) is 0 Å². The van der Waals surface area contributed by atoms with Crippen LogP contribution < -0.4 is 10.2 Å². The van der Waals surface area contributed by atoms with E-state index in [2.05, 4.69) is 17.2 Å². The van der Waals surface area contributed by atoms with Crippen molar-refractivity contribution >= 4 is 40.8 Å². The van der Waals surface area contributed by atoms with Gasteiger partial charge in [0.25, 0.3) is 0 Å². The largest absolute Gasteiger partial charge is 0.480 e. The Morgan fingerprint density at radius 1 is 0.900 bits per heavy atom. The Morgan fingerprint density at radius 2 is 1.60 bits per heavy atom. The molecule has 0 aliphatic carbocycles. The number of carboxylic acid groups (broad SMARTS) is 1. The van der Waals surface area contributed by atoms with E-state index in [1.165, 1.54) is 11.8 Å². The average molecular weight is 547 g/mol. The van der Waals surface area contributed by atoms with E-state index in [-0.39, 0.29) is 18.1 Å². The molecule has 40 heavy (non-hydrogen) atoms. The summed E-state index contributed by atoms with van der Waals surface area (Å²) in [6.45, 7) is 0.296. The van der Waals surface area contributed by atoms with Gasteiger partial charge in [0.05, 0.1) is 18.0 Å². The molecule has 1 aliphatic rings. The summed E-state index contributed by atoms with van der Waals surface area (Å²) in [6.07, 6.45) is 0.216. The summed E-state index contributed by atoms with van der Waals surface area (Å²) in [6, 6.07) is 30.1. The summed E-state index contributed by atoms with van der Waals surface area (Å²) < 4.78 is 0. The van der Waals surface area contributed by atoms with Gasteiger partial charge in [0.1, 0.15) is 6.04 Å². The molecule has 4 aromatic rings. The number of para-hydroxylation sites is 2. The molecule has 0 saturated heterocycles. The van der Waals surface area contributed by atoms with Crippen LogP contribution in [0.25, 0.3) is 0 Å². The predicted octanol–water partition coefficient (Wildman–Crippen LogP) is 5.52. The molecule has 1 atom stereocenters. The van der Waals surface area contributed by atoms with Crippen LogP contribution in [0.3, 0.4) is 0 Å². The molecule has 7 heteroatoms. The third-order valence-electron chi connectivity index (χ3n) is 6.51. The number of nitrogens with zero attached hydrogens (tertiary/aromatic N) is 1. The van der Waals surface area contributed by atoms with Crippen LogP contribution in [0.5, 0.6) is 0 Å². The maximum absolute atomic E-state index is 13.1. The van der Waals surface area contributed by atoms with Gasteiger partial charge in [-0.1, -0.05) is 78.6 Å². The van der Waals surface area contributed by atoms with E-state index in [4.69, 9.17) is 0 Å². The molecule has 0 aromatic heterocycles. The first-order chi connectivity index (χ1) is 19.5. The summed E-state index contributed by atoms with van der Waals surface area (Å²) in [5, 5.41) is 13.0. The number of rotatable bonds is 8. The summed E-state index contributed by atoms with van der Waals surface area (Å²) in [4.78, 5) is 40.4. The Morgan fingerprint density at radius 3 is 2.38 bits per heavy atom. The summed E-state index contributed by atoms with van der Waals surface area (Å²) in [5.74, 6) is 5.43. The van der Waals surface area contributed by atoms with Crippen molar-refractivity contribution in [3.63, 3.8) is 0 Å². The molecule has 4 aromatic carbocycles. The Balaban J connectivity index is 1.26. The Hall–Kier alpha value is -4.80. The highest BCUT2D eigenvalue weighted by Gasteiger charge is 2.24. The fourth-order valence-electron chi connectivity index (χ4n) is 4.45. The molecule has 1 aliphatic heterocycles. The van der Waals surface area contributed by atoms with Crippen molar-refractivity contribution in [2.75, 3.05) is 22.5 Å². The highest BCUT2D eigenvalue weighted by Crippen LogP contribution is 2.34. The number of carbonyl (C=O) groups is 3. The van der Waals surface area contributed by atoms with Gasteiger partial charge in [0, 0.05) is 33.7 Å². The van der Waals surface area contributed by atoms with Gasteiger partial charge in [0.2, 0.25) is 5.91 Å². The number of aliphatic carboxylic acids is 1. The van der Waals surface area contributed by atoms with Crippen LogP contribution in [0.15, 0.2) is 108 Å². The van der Waals surface area contributed by atoms with Crippen molar-refractivity contribution < 1.29 is 19.5 Å². The Labute approximate surface area is 237 Å². The Kier molecular flexibility index (Phi) is 8.29. The fourth-order valence-corrected chi connectivity index (χ4v) is 5.38. The first-order valence-electron chi connectivity index (χ1n) is 12.8. The van der Waals surface area contributed by atoms with Gasteiger partial charge < -0.3 is 10.4 Å². The van der Waals surface area contributed by atoms with Gasteiger partial charge in [-0.2, -0.15) is 0 Å². The van der Waals surface area contributed by atoms with Crippen LogP contribution in [0.2, 0.25) is 0 Å². The van der Waals surface area contributed by atoms with Crippen LogP contribution in [0.4, 0.5) is 11.4 Å². The molecule has 0 bridgehead atoms. The molecule has 1 amide bonds. The standard InChI is InChI=1S/C33H26N2O4S/c36-31-22-40-30-15-7-6-14-29(30)35(31)20-8-9-23-16-18-24(19-17-23)21-28(33(38)39)34-27-13-5-4-12-26(27)32(37)25-10-2-1-3-11-25/h1-7,10-19,28,34H,20-22H2,(H,38,39)/t28-/m0/s1. The minimum atomic E-state index is -1.02. The van der Waals surface area contributed by atoms with Gasteiger partial charge in [-0.25, -0.2) is 4.79 Å². The summed E-state index contributed by atoms with van der Waals surface area (Å²) in [5.41, 5.74) is 3.89. The van der Waals surface area contributed by atoms with E-state index in [1.54, 1.807) is 53.4 Å². The van der Waals surface area contributed by atoms with Crippen LogP contribution in [0.1, 0.15) is 27.0 Å². The van der Waals surface area contributed by atoms with Crippen molar-refractivity contribution in [2.24, 2.45) is 0 Å². The van der Waals surface area contributed by atoms with Gasteiger partial charge in [-0.15, -0.1) is 11.8 Å². The van der Waals surface area contributed by atoms with Crippen molar-refractivity contribution in [3.8, 4) is 11.8 Å². The molecule has 2 N–H and O–H groups in total. The third kappa shape index (κ3) is 6.25. The van der Waals surface area contributed by atoms with Gasteiger partial charge >= 0.3 is 5.97 Å². The molecular weight excluding hydrogens is 520 g/mol. The lowest BCUT2D eigenvalue weighted by atomic mass is 10.00. The van der Waals surface area contributed by atoms with E-state index >= 15 is 0 Å². The number of fused-ring (bicyclic) bond motifs is 1. The number of thioether (sulfide) groups is 1. The molecule has 0 saturated carbocycles. The minimum Gasteiger partial charge on any atom is -0.480 e. The molecule has 198 valence electrons. The van der Waals surface area contributed by atoms with Crippen molar-refractivity contribution in [1.82, 2.24) is 0 Å². The first kappa shape index (κ1) is 26.8. The van der Waals surface area contributed by atoms with Gasteiger partial charge in [0.15, 0.2) is 5.78 Å². The van der Waals surface area contributed by atoms with Gasteiger partial charge in [-0.3, -0.25) is 14.5 Å². The van der Waals surface area contributed by atoms with E-state index in [1.807, 2.05) is 54.6 Å². The summed E-state index contributed by atoms with van der Waals surface area (Å²) in [7, 11) is 0. The average Bonchev–Trinajstić information content (AvgIpc) is 2.99. The molecule has 6 nitrogen and oxygen atoms in total. The normalized spacial score (nSPS) is 13.0. The lowest BCUT2D eigenvalue weighted by Crippen LogP contribution is -2.35. The minimum absolute atomic E-state index is 0.0348. The Bertz CT molecular complexity index is 1610. The number of nitrogens with one attached hydrogen (secondary N) is 1. The number of hydrogen-bond acceptors (Lipinski definition) is 5. The molecule has 0 spiro atoms. The molecule has 1 heterocycles. The number of benzene rings is 4. The van der Waals surface area contributed by atoms with Crippen molar-refractivity contribution in [3.05, 3.63) is 125 Å². The second-order valence-corrected chi connectivity index (χ2v) is 10.2. The van der Waals surface area contributed by atoms with E-state index in [9.17, 15) is 19.5 Å².